The Morgan fingerprint density at radius 1 is 0.944 bits per heavy atom. The normalized spacial score (nSPS) is 14.9. The third kappa shape index (κ3) is 5.60. The van der Waals surface area contributed by atoms with Gasteiger partial charge in [0.15, 0.2) is 0 Å². The molecule has 184 valence electrons. The number of nitrogens with one attached hydrogen (secondary N) is 1. The van der Waals surface area contributed by atoms with Crippen LogP contribution < -0.4 is 15.0 Å². The van der Waals surface area contributed by atoms with Crippen LogP contribution in [0.2, 0.25) is 0 Å². The van der Waals surface area contributed by atoms with Crippen molar-refractivity contribution in [2.45, 2.75) is 27.2 Å². The minimum atomic E-state index is -0.788. The molecular weight excluding hydrogens is 588 g/mol. The first-order valence-corrected chi connectivity index (χ1v) is 12.9. The number of carbonyl (C=O) groups excluding carboxylic acids is 3. The predicted molar refractivity (Wildman–Crippen MR) is 147 cm³/mol. The molecule has 1 saturated heterocycles. The topological polar surface area (TPSA) is 75.7 Å². The van der Waals surface area contributed by atoms with Crippen LogP contribution in [0.3, 0.4) is 0 Å². The first kappa shape index (κ1) is 25.9. The largest absolute Gasteiger partial charge is 0.494 e. The first-order chi connectivity index (χ1) is 17.2. The molecule has 0 aromatic heterocycles. The lowest BCUT2D eigenvalue weighted by Gasteiger charge is -2.26. The standard InChI is InChI=1S/C28H24Br2N2O4/c1-4-36-25-15-19(14-24(30)22(25)12-18-10-16(2)9-17(3)11-18)13-23-26(33)31-28(35)32(27(23)34)21-7-5-20(29)6-8-21/h5-11,13-15H,4,12H2,1-3H3,(H,31,33,35)/b23-13+. The molecule has 0 bridgehead atoms. The summed E-state index contributed by atoms with van der Waals surface area (Å²) in [5.74, 6) is -0.784. The average Bonchev–Trinajstić information content (AvgIpc) is 2.79. The quantitative estimate of drug-likeness (QED) is 0.256. The molecule has 1 fully saturated rings. The fourth-order valence-corrected chi connectivity index (χ4v) is 5.06. The molecule has 1 heterocycles. The molecular formula is C28H24Br2N2O4. The van der Waals surface area contributed by atoms with Gasteiger partial charge in [0.2, 0.25) is 0 Å². The Morgan fingerprint density at radius 3 is 2.25 bits per heavy atom. The summed E-state index contributed by atoms with van der Waals surface area (Å²) in [7, 11) is 0. The molecule has 3 aromatic carbocycles. The Bertz CT molecular complexity index is 1380. The minimum Gasteiger partial charge on any atom is -0.494 e. The lowest BCUT2D eigenvalue weighted by atomic mass is 9.98. The minimum absolute atomic E-state index is 0.145. The van der Waals surface area contributed by atoms with E-state index in [-0.39, 0.29) is 5.57 Å². The van der Waals surface area contributed by atoms with Gasteiger partial charge in [-0.2, -0.15) is 0 Å². The second kappa shape index (κ2) is 10.8. The lowest BCUT2D eigenvalue weighted by molar-refractivity contribution is -0.122. The second-order valence-corrected chi connectivity index (χ2v) is 10.3. The van der Waals surface area contributed by atoms with Crippen LogP contribution in [0.25, 0.3) is 6.08 Å². The van der Waals surface area contributed by atoms with Gasteiger partial charge in [-0.05, 0) is 74.4 Å². The van der Waals surface area contributed by atoms with E-state index in [1.807, 2.05) is 13.0 Å². The van der Waals surface area contributed by atoms with Gasteiger partial charge in [-0.3, -0.25) is 14.9 Å². The molecule has 1 aliphatic heterocycles. The molecule has 6 nitrogen and oxygen atoms in total. The van der Waals surface area contributed by atoms with E-state index in [4.69, 9.17) is 4.74 Å². The van der Waals surface area contributed by atoms with E-state index in [1.165, 1.54) is 17.2 Å². The summed E-state index contributed by atoms with van der Waals surface area (Å²) in [5, 5.41) is 2.26. The van der Waals surface area contributed by atoms with Crippen molar-refractivity contribution >= 4 is 61.5 Å². The van der Waals surface area contributed by atoms with Gasteiger partial charge in [0.05, 0.1) is 12.3 Å². The van der Waals surface area contributed by atoms with E-state index >= 15 is 0 Å². The number of amides is 4. The number of aryl methyl sites for hydroxylation is 2. The summed E-state index contributed by atoms with van der Waals surface area (Å²) in [4.78, 5) is 39.3. The van der Waals surface area contributed by atoms with E-state index in [2.05, 4.69) is 69.2 Å². The molecule has 0 unspecified atom stereocenters. The Hall–Kier alpha value is -3.23. The molecule has 36 heavy (non-hydrogen) atoms. The zero-order valence-corrected chi connectivity index (χ0v) is 23.2. The van der Waals surface area contributed by atoms with E-state index in [0.717, 1.165) is 25.0 Å². The van der Waals surface area contributed by atoms with Crippen molar-refractivity contribution in [3.8, 4) is 5.75 Å². The van der Waals surface area contributed by atoms with Gasteiger partial charge in [0.1, 0.15) is 11.3 Å². The highest BCUT2D eigenvalue weighted by atomic mass is 79.9. The van der Waals surface area contributed by atoms with Crippen molar-refractivity contribution in [1.82, 2.24) is 5.32 Å². The van der Waals surface area contributed by atoms with Crippen molar-refractivity contribution in [2.75, 3.05) is 11.5 Å². The van der Waals surface area contributed by atoms with E-state index in [1.54, 1.807) is 30.3 Å². The third-order valence-electron chi connectivity index (χ3n) is 5.64. The van der Waals surface area contributed by atoms with Crippen LogP contribution in [-0.2, 0) is 16.0 Å². The molecule has 0 aliphatic carbocycles. The highest BCUT2D eigenvalue weighted by Gasteiger charge is 2.36. The summed E-state index contributed by atoms with van der Waals surface area (Å²) in [6.07, 6.45) is 2.13. The zero-order chi connectivity index (χ0) is 26.0. The van der Waals surface area contributed by atoms with E-state index in [9.17, 15) is 14.4 Å². The number of imide groups is 2. The van der Waals surface area contributed by atoms with Gasteiger partial charge in [-0.25, -0.2) is 9.69 Å². The molecule has 0 spiro atoms. The number of nitrogens with zero attached hydrogens (tertiary/aromatic N) is 1. The van der Waals surface area contributed by atoms with Crippen molar-refractivity contribution in [2.24, 2.45) is 0 Å². The highest BCUT2D eigenvalue weighted by Crippen LogP contribution is 2.33. The van der Waals surface area contributed by atoms with Crippen molar-refractivity contribution in [1.29, 1.82) is 0 Å². The maximum Gasteiger partial charge on any atom is 0.335 e. The molecule has 8 heteroatoms. The lowest BCUT2D eigenvalue weighted by Crippen LogP contribution is -2.54. The fraction of sp³-hybridized carbons (Fsp3) is 0.179. The zero-order valence-electron chi connectivity index (χ0n) is 20.0. The summed E-state index contributed by atoms with van der Waals surface area (Å²) >= 11 is 7.00. The highest BCUT2D eigenvalue weighted by molar-refractivity contribution is 9.10. The van der Waals surface area contributed by atoms with Gasteiger partial charge in [-0.15, -0.1) is 0 Å². The second-order valence-electron chi connectivity index (χ2n) is 8.52. The van der Waals surface area contributed by atoms with Crippen LogP contribution in [-0.4, -0.2) is 24.5 Å². The number of anilines is 1. The number of barbiturate groups is 1. The third-order valence-corrected chi connectivity index (χ3v) is 6.87. The number of hydrogen-bond acceptors (Lipinski definition) is 4. The number of urea groups is 1. The molecule has 0 atom stereocenters. The number of carbonyl (C=O) groups is 3. The molecule has 0 radical (unpaired) electrons. The predicted octanol–water partition coefficient (Wildman–Crippen LogP) is 6.48. The number of benzene rings is 3. The van der Waals surface area contributed by atoms with Crippen molar-refractivity contribution in [3.05, 3.63) is 96.9 Å². The van der Waals surface area contributed by atoms with Crippen molar-refractivity contribution < 1.29 is 19.1 Å². The van der Waals surface area contributed by atoms with Crippen LogP contribution in [0.5, 0.6) is 5.75 Å². The molecule has 3 aromatic rings. The molecule has 4 rings (SSSR count). The average molecular weight is 612 g/mol. The number of rotatable bonds is 6. The summed E-state index contributed by atoms with van der Waals surface area (Å²) < 4.78 is 7.54. The Labute approximate surface area is 226 Å². The van der Waals surface area contributed by atoms with Gasteiger partial charge in [-0.1, -0.05) is 61.2 Å². The summed E-state index contributed by atoms with van der Waals surface area (Å²) in [6.45, 7) is 6.49. The fourth-order valence-electron chi connectivity index (χ4n) is 4.19. The smallest absolute Gasteiger partial charge is 0.335 e. The van der Waals surface area contributed by atoms with E-state index < -0.39 is 17.8 Å². The first-order valence-electron chi connectivity index (χ1n) is 11.4. The Morgan fingerprint density at radius 2 is 1.61 bits per heavy atom. The number of ether oxygens (including phenoxy) is 1. The SMILES string of the molecule is CCOc1cc(/C=C2\C(=O)NC(=O)N(c3ccc(Br)cc3)C2=O)cc(Br)c1Cc1cc(C)cc(C)c1. The van der Waals surface area contributed by atoms with Gasteiger partial charge in [0.25, 0.3) is 11.8 Å². The maximum absolute atomic E-state index is 13.2. The van der Waals surface area contributed by atoms with Gasteiger partial charge in [0, 0.05) is 20.9 Å². The van der Waals surface area contributed by atoms with Crippen molar-refractivity contribution in [3.63, 3.8) is 0 Å². The molecule has 4 amide bonds. The van der Waals surface area contributed by atoms with Gasteiger partial charge < -0.3 is 4.74 Å². The summed E-state index contributed by atoms with van der Waals surface area (Å²) in [5.41, 5.74) is 5.31. The monoisotopic (exact) mass is 610 g/mol. The Balaban J connectivity index is 1.72. The van der Waals surface area contributed by atoms with Gasteiger partial charge >= 0.3 is 6.03 Å². The van der Waals surface area contributed by atoms with Crippen LogP contribution in [0.4, 0.5) is 10.5 Å². The summed E-state index contributed by atoms with van der Waals surface area (Å²) in [6, 6.07) is 16.0. The van der Waals surface area contributed by atoms with Crippen LogP contribution in [0.15, 0.2) is 69.1 Å². The van der Waals surface area contributed by atoms with E-state index in [0.29, 0.717) is 30.0 Å². The number of halogens is 2. The van der Waals surface area contributed by atoms with Crippen LogP contribution >= 0.6 is 31.9 Å². The molecule has 0 saturated carbocycles. The van der Waals surface area contributed by atoms with Crippen LogP contribution in [0.1, 0.15) is 34.7 Å². The Kier molecular flexibility index (Phi) is 7.76. The molecule has 1 aliphatic rings. The number of hydrogen-bond donors (Lipinski definition) is 1. The van der Waals surface area contributed by atoms with Crippen LogP contribution in [0, 0.1) is 13.8 Å². The maximum atomic E-state index is 13.2. The molecule has 1 N–H and O–H groups in total.